The van der Waals surface area contributed by atoms with Crippen molar-refractivity contribution < 1.29 is 53.6 Å². The first-order valence-electron chi connectivity index (χ1n) is 12.9. The van der Waals surface area contributed by atoms with Gasteiger partial charge in [-0.2, -0.15) is 0 Å². The highest BCUT2D eigenvalue weighted by atomic mass is 16.7. The minimum absolute atomic E-state index is 0.00526. The van der Waals surface area contributed by atoms with Crippen LogP contribution in [0.3, 0.4) is 0 Å². The molecule has 12 nitrogen and oxygen atoms in total. The Morgan fingerprint density at radius 3 is 2.33 bits per heavy atom. The van der Waals surface area contributed by atoms with Crippen LogP contribution in [0.15, 0.2) is 57.9 Å². The van der Waals surface area contributed by atoms with Crippen molar-refractivity contribution in [3.05, 3.63) is 59.0 Å². The Morgan fingerprint density at radius 1 is 0.875 bits per heavy atom. The average Bonchev–Trinajstić information content (AvgIpc) is 2.96. The van der Waals surface area contributed by atoms with Crippen LogP contribution in [0, 0.1) is 0 Å². The first-order valence-corrected chi connectivity index (χ1v) is 12.9. The molecule has 0 spiro atoms. The fourth-order valence-electron chi connectivity index (χ4n) is 4.76. The molecule has 9 atom stereocenters. The number of benzene rings is 2. The van der Waals surface area contributed by atoms with Gasteiger partial charge in [-0.05, 0) is 36.8 Å². The van der Waals surface area contributed by atoms with E-state index in [0.29, 0.717) is 22.3 Å². The Balaban J connectivity index is 1.27. The van der Waals surface area contributed by atoms with E-state index in [-0.39, 0.29) is 29.8 Å². The smallest absolute Gasteiger partial charge is 0.229 e. The third kappa shape index (κ3) is 5.71. The lowest BCUT2D eigenvalue weighted by molar-refractivity contribution is -0.307. The Labute approximate surface area is 228 Å². The van der Waals surface area contributed by atoms with Gasteiger partial charge in [0, 0.05) is 12.5 Å². The summed E-state index contributed by atoms with van der Waals surface area (Å²) in [5, 5.41) is 51.2. The molecule has 0 amide bonds. The molecule has 0 saturated carbocycles. The molecule has 12 heteroatoms. The zero-order valence-electron chi connectivity index (χ0n) is 21.8. The van der Waals surface area contributed by atoms with Gasteiger partial charge < -0.3 is 53.6 Å². The van der Waals surface area contributed by atoms with E-state index >= 15 is 0 Å². The van der Waals surface area contributed by atoms with Crippen LogP contribution in [-0.4, -0.2) is 94.6 Å². The number of aliphatic hydroxyl groups is 5. The summed E-state index contributed by atoms with van der Waals surface area (Å²) < 4.78 is 33.5. The molecule has 2 fully saturated rings. The Kier molecular flexibility index (Phi) is 8.40. The van der Waals surface area contributed by atoms with Gasteiger partial charge in [-0.25, -0.2) is 0 Å². The number of aliphatic hydroxyl groups excluding tert-OH is 5. The maximum absolute atomic E-state index is 13.1. The fraction of sp³-hybridized carbons (Fsp3) is 0.464. The molecule has 2 aliphatic heterocycles. The lowest BCUT2D eigenvalue weighted by Crippen LogP contribution is -2.58. The van der Waals surface area contributed by atoms with Gasteiger partial charge in [0.1, 0.15) is 47.8 Å². The van der Waals surface area contributed by atoms with Crippen molar-refractivity contribution in [2.45, 2.75) is 68.7 Å². The van der Waals surface area contributed by atoms with Gasteiger partial charge in [0.05, 0.1) is 43.0 Å². The molecule has 5 rings (SSSR count). The van der Waals surface area contributed by atoms with Gasteiger partial charge >= 0.3 is 0 Å². The molecular formula is C28H32O12. The number of fused-ring (bicyclic) bond motifs is 1. The summed E-state index contributed by atoms with van der Waals surface area (Å²) in [5.41, 5.74) is 1.07. The van der Waals surface area contributed by atoms with E-state index in [1.807, 2.05) is 0 Å². The molecule has 5 N–H and O–H groups in total. The van der Waals surface area contributed by atoms with E-state index in [0.717, 1.165) is 0 Å². The monoisotopic (exact) mass is 560 g/mol. The Hall–Kier alpha value is -3.07. The van der Waals surface area contributed by atoms with Gasteiger partial charge in [0.25, 0.3) is 0 Å². The molecule has 0 bridgehead atoms. The highest BCUT2D eigenvalue weighted by Gasteiger charge is 2.44. The first kappa shape index (κ1) is 28.5. The minimum Gasteiger partial charge on any atom is -0.497 e. The molecule has 0 aliphatic carbocycles. The molecule has 2 aliphatic rings. The number of rotatable bonds is 7. The number of hydrogen-bond donors (Lipinski definition) is 5. The second-order valence-corrected chi connectivity index (χ2v) is 9.92. The summed E-state index contributed by atoms with van der Waals surface area (Å²) in [4.78, 5) is 13.1. The summed E-state index contributed by atoms with van der Waals surface area (Å²) in [6, 6.07) is 11.6. The average molecular weight is 561 g/mol. The number of ether oxygens (including phenoxy) is 5. The van der Waals surface area contributed by atoms with Crippen LogP contribution >= 0.6 is 0 Å². The third-order valence-corrected chi connectivity index (χ3v) is 7.16. The van der Waals surface area contributed by atoms with Crippen LogP contribution in [0.2, 0.25) is 0 Å². The highest BCUT2D eigenvalue weighted by molar-refractivity contribution is 5.82. The zero-order chi connectivity index (χ0) is 28.6. The summed E-state index contributed by atoms with van der Waals surface area (Å²) in [6.07, 6.45) is -9.50. The van der Waals surface area contributed by atoms with Crippen molar-refractivity contribution in [2.75, 3.05) is 13.7 Å². The molecular weight excluding hydrogens is 528 g/mol. The van der Waals surface area contributed by atoms with E-state index in [9.17, 15) is 30.3 Å². The molecule has 40 heavy (non-hydrogen) atoms. The quantitative estimate of drug-likeness (QED) is 0.271. The van der Waals surface area contributed by atoms with Crippen molar-refractivity contribution in [3.8, 4) is 22.6 Å². The lowest BCUT2D eigenvalue weighted by Gasteiger charge is -2.40. The van der Waals surface area contributed by atoms with E-state index in [1.165, 1.54) is 25.3 Å². The normalized spacial score (nSPS) is 32.6. The predicted octanol–water partition coefficient (Wildman–Crippen LogP) is 0.528. The van der Waals surface area contributed by atoms with E-state index in [4.69, 9.17) is 28.1 Å². The molecule has 3 heterocycles. The predicted molar refractivity (Wildman–Crippen MR) is 139 cm³/mol. The van der Waals surface area contributed by atoms with Gasteiger partial charge in [-0.15, -0.1) is 0 Å². The van der Waals surface area contributed by atoms with Crippen LogP contribution in [0.4, 0.5) is 0 Å². The number of hydrogen-bond acceptors (Lipinski definition) is 12. The first-order chi connectivity index (χ1) is 19.2. The van der Waals surface area contributed by atoms with E-state index < -0.39 is 55.3 Å². The molecule has 0 radical (unpaired) electrons. The van der Waals surface area contributed by atoms with Gasteiger partial charge in [0.2, 0.25) is 6.29 Å². The SMILES string of the molecule is COc1ccc(-c2coc3cc(O[C@@H]4O[C@@H](CO[C@@H]5O[C@H](C)[C@H](O)[C@@H](O)[C@H]5O)C[C@H](O)[C@H]4O)ccc3c2=O)cc1. The van der Waals surface area contributed by atoms with Crippen molar-refractivity contribution in [1.82, 2.24) is 0 Å². The second-order valence-electron chi connectivity index (χ2n) is 9.92. The van der Waals surface area contributed by atoms with Gasteiger partial charge in [0.15, 0.2) is 11.7 Å². The second kappa shape index (κ2) is 11.8. The summed E-state index contributed by atoms with van der Waals surface area (Å²) in [6.45, 7) is 1.37. The van der Waals surface area contributed by atoms with Crippen LogP contribution in [0.1, 0.15) is 13.3 Å². The van der Waals surface area contributed by atoms with Crippen LogP contribution in [0.5, 0.6) is 11.5 Å². The summed E-state index contributed by atoms with van der Waals surface area (Å²) >= 11 is 0. The van der Waals surface area contributed by atoms with Crippen molar-refractivity contribution in [3.63, 3.8) is 0 Å². The van der Waals surface area contributed by atoms with Crippen molar-refractivity contribution >= 4 is 11.0 Å². The van der Waals surface area contributed by atoms with Crippen LogP contribution in [0.25, 0.3) is 22.1 Å². The number of methoxy groups -OCH3 is 1. The standard InChI is InChI=1S/C28H32O12/c1-13-22(30)25(33)26(34)27(38-13)37-11-17-9-20(29)24(32)28(40-17)39-16-7-8-18-21(10-16)36-12-19(23(18)31)14-3-5-15(35-2)6-4-14/h3-8,10,12-13,17,20,22,24-30,32-34H,9,11H2,1-2H3/t13-,17-,20+,22+,24-,25-,26-,27-,28-/m1/s1. The Morgan fingerprint density at radius 2 is 1.60 bits per heavy atom. The van der Waals surface area contributed by atoms with E-state index in [2.05, 4.69) is 0 Å². The molecule has 0 unspecified atom stereocenters. The largest absolute Gasteiger partial charge is 0.497 e. The fourth-order valence-corrected chi connectivity index (χ4v) is 4.76. The molecule has 3 aromatic rings. The maximum Gasteiger partial charge on any atom is 0.229 e. The van der Waals surface area contributed by atoms with Crippen LogP contribution in [-0.2, 0) is 14.2 Å². The maximum atomic E-state index is 13.1. The highest BCUT2D eigenvalue weighted by Crippen LogP contribution is 2.29. The van der Waals surface area contributed by atoms with Crippen LogP contribution < -0.4 is 14.9 Å². The molecule has 216 valence electrons. The molecule has 2 saturated heterocycles. The zero-order valence-corrected chi connectivity index (χ0v) is 21.8. The van der Waals surface area contributed by atoms with Gasteiger partial charge in [-0.1, -0.05) is 12.1 Å². The van der Waals surface area contributed by atoms with E-state index in [1.54, 1.807) is 37.4 Å². The van der Waals surface area contributed by atoms with Gasteiger partial charge in [-0.3, -0.25) is 4.79 Å². The Bertz CT molecular complexity index is 1360. The topological polar surface area (TPSA) is 178 Å². The third-order valence-electron chi connectivity index (χ3n) is 7.16. The van der Waals surface area contributed by atoms with Crippen molar-refractivity contribution in [2.24, 2.45) is 0 Å². The lowest BCUT2D eigenvalue weighted by atomic mass is 10.00. The summed E-state index contributed by atoms with van der Waals surface area (Å²) in [7, 11) is 1.56. The molecule has 1 aromatic heterocycles. The summed E-state index contributed by atoms with van der Waals surface area (Å²) in [5.74, 6) is 0.887. The minimum atomic E-state index is -1.49. The van der Waals surface area contributed by atoms with Crippen molar-refractivity contribution in [1.29, 1.82) is 0 Å². The molecule has 2 aromatic carbocycles.